The number of Topliss-reactive ketones (excluding diaryl/α,β-unsaturated/α-hetero) is 1. The Morgan fingerprint density at radius 3 is 2.16 bits per heavy atom. The monoisotopic (exact) mass is 500 g/mol. The molecule has 192 valence electrons. The van der Waals surface area contributed by atoms with Crippen molar-refractivity contribution in [3.05, 3.63) is 83.3 Å². The lowest BCUT2D eigenvalue weighted by Gasteiger charge is -2.29. The topological polar surface area (TPSA) is 83.2 Å². The van der Waals surface area contributed by atoms with Crippen molar-refractivity contribution >= 4 is 28.8 Å². The predicted octanol–water partition coefficient (Wildman–Crippen LogP) is 5.99. The molecule has 0 radical (unpaired) electrons. The number of furan rings is 1. The minimum atomic E-state index is -0.888. The van der Waals surface area contributed by atoms with E-state index in [9.17, 15) is 14.7 Å². The first-order chi connectivity index (χ1) is 17.8. The molecule has 2 aliphatic rings. The molecule has 3 aromatic rings. The van der Waals surface area contributed by atoms with Crippen LogP contribution >= 0.6 is 0 Å². The fraction of sp³-hybridized carbons (Fsp3) is 0.333. The molecule has 0 bridgehead atoms. The second kappa shape index (κ2) is 10.2. The van der Waals surface area contributed by atoms with Crippen LogP contribution in [0.3, 0.4) is 0 Å². The van der Waals surface area contributed by atoms with E-state index >= 15 is 0 Å². The average molecular weight is 501 g/mol. The highest BCUT2D eigenvalue weighted by molar-refractivity contribution is 6.51. The molecule has 37 heavy (non-hydrogen) atoms. The third-order valence-corrected chi connectivity index (χ3v) is 6.82. The highest BCUT2D eigenvalue weighted by Crippen LogP contribution is 2.43. The number of carbonyl (C=O) groups excluding carboxylic acids is 2. The van der Waals surface area contributed by atoms with Crippen LogP contribution in [0.1, 0.15) is 56.2 Å². The number of aliphatic hydroxyl groups excluding tert-OH is 1. The van der Waals surface area contributed by atoms with Gasteiger partial charge in [-0.25, -0.2) is 0 Å². The van der Waals surface area contributed by atoms with Gasteiger partial charge in [0.25, 0.3) is 11.7 Å². The first-order valence-electron chi connectivity index (χ1n) is 12.8. The van der Waals surface area contributed by atoms with Gasteiger partial charge in [-0.05, 0) is 101 Å². The molecular formula is C30H32N2O5. The third kappa shape index (κ3) is 4.86. The van der Waals surface area contributed by atoms with E-state index in [0.29, 0.717) is 28.5 Å². The van der Waals surface area contributed by atoms with Crippen LogP contribution in [-0.2, 0) is 9.59 Å². The second-order valence-electron chi connectivity index (χ2n) is 9.87. The molecule has 7 heteroatoms. The molecule has 0 aliphatic carbocycles. The molecule has 2 aromatic carbocycles. The summed E-state index contributed by atoms with van der Waals surface area (Å²) in [6.45, 7) is 7.68. The number of hydrogen-bond acceptors (Lipinski definition) is 6. The Bertz CT molecular complexity index is 1310. The van der Waals surface area contributed by atoms with Gasteiger partial charge in [0, 0.05) is 30.0 Å². The highest BCUT2D eigenvalue weighted by Gasteiger charge is 2.48. The number of hydrogen-bond donors (Lipinski definition) is 1. The van der Waals surface area contributed by atoms with Crippen molar-refractivity contribution in [2.24, 2.45) is 0 Å². The third-order valence-electron chi connectivity index (χ3n) is 6.82. The summed E-state index contributed by atoms with van der Waals surface area (Å²) in [6, 6.07) is 17.1. The normalized spacial score (nSPS) is 19.6. The van der Waals surface area contributed by atoms with Gasteiger partial charge in [-0.1, -0.05) is 0 Å². The fourth-order valence-electron chi connectivity index (χ4n) is 5.06. The van der Waals surface area contributed by atoms with Crippen molar-refractivity contribution in [3.63, 3.8) is 0 Å². The largest absolute Gasteiger partial charge is 0.507 e. The molecule has 7 nitrogen and oxygen atoms in total. The molecule has 0 saturated carbocycles. The minimum Gasteiger partial charge on any atom is -0.507 e. The standard InChI is InChI=1S/C30H32N2O5/c1-19(2)36-24-14-8-21(9-15-24)28(33)26-27(25-16-7-20(3)37-25)32(30(35)29(26)34)23-12-10-22(11-13-23)31-17-5-4-6-18-31/h7-16,19,27,33H,4-6,17-18H2,1-3H3/b28-26-. The van der Waals surface area contributed by atoms with Gasteiger partial charge in [-0.3, -0.25) is 14.5 Å². The summed E-state index contributed by atoms with van der Waals surface area (Å²) in [7, 11) is 0. The highest BCUT2D eigenvalue weighted by atomic mass is 16.5. The van der Waals surface area contributed by atoms with Crippen LogP contribution in [0.5, 0.6) is 5.75 Å². The summed E-state index contributed by atoms with van der Waals surface area (Å²) >= 11 is 0. The number of carbonyl (C=O) groups is 2. The molecule has 2 aliphatic heterocycles. The fourth-order valence-corrected chi connectivity index (χ4v) is 5.06. The van der Waals surface area contributed by atoms with Crippen molar-refractivity contribution in [2.45, 2.75) is 52.2 Å². The molecule has 3 heterocycles. The molecule has 0 spiro atoms. The van der Waals surface area contributed by atoms with Crippen LogP contribution in [0.25, 0.3) is 5.76 Å². The number of aliphatic hydroxyl groups is 1. The SMILES string of the molecule is Cc1ccc(C2/C(=C(/O)c3ccc(OC(C)C)cc3)C(=O)C(=O)N2c2ccc(N3CCCCC3)cc2)o1. The van der Waals surface area contributed by atoms with Gasteiger partial charge in [0.2, 0.25) is 0 Å². The molecule has 2 fully saturated rings. The average Bonchev–Trinajstić information content (AvgIpc) is 3.44. The van der Waals surface area contributed by atoms with E-state index in [1.54, 1.807) is 43.3 Å². The van der Waals surface area contributed by atoms with E-state index < -0.39 is 17.7 Å². The number of rotatable bonds is 6. The van der Waals surface area contributed by atoms with Crippen molar-refractivity contribution in [3.8, 4) is 5.75 Å². The van der Waals surface area contributed by atoms with E-state index in [0.717, 1.165) is 18.8 Å². The number of benzene rings is 2. The summed E-state index contributed by atoms with van der Waals surface area (Å²) in [5, 5.41) is 11.3. The lowest BCUT2D eigenvalue weighted by molar-refractivity contribution is -0.132. The zero-order valence-electron chi connectivity index (χ0n) is 21.4. The molecule has 1 N–H and O–H groups in total. The molecule has 1 atom stereocenters. The molecule has 1 amide bonds. The van der Waals surface area contributed by atoms with Gasteiger partial charge in [-0.15, -0.1) is 0 Å². The summed E-state index contributed by atoms with van der Waals surface area (Å²) in [5.74, 6) is 0.0135. The van der Waals surface area contributed by atoms with E-state index in [1.807, 2.05) is 38.1 Å². The van der Waals surface area contributed by atoms with Crippen LogP contribution in [-0.4, -0.2) is 36.0 Å². The van der Waals surface area contributed by atoms with Crippen molar-refractivity contribution < 1.29 is 23.8 Å². The number of ether oxygens (including phenoxy) is 1. The predicted molar refractivity (Wildman–Crippen MR) is 143 cm³/mol. The lowest BCUT2D eigenvalue weighted by atomic mass is 9.99. The maximum atomic E-state index is 13.4. The molecule has 1 aromatic heterocycles. The smallest absolute Gasteiger partial charge is 0.300 e. The van der Waals surface area contributed by atoms with Crippen LogP contribution < -0.4 is 14.5 Å². The Kier molecular flexibility index (Phi) is 6.78. The number of amides is 1. The Morgan fingerprint density at radius 1 is 0.919 bits per heavy atom. The molecule has 2 saturated heterocycles. The lowest BCUT2D eigenvalue weighted by Crippen LogP contribution is -2.30. The van der Waals surface area contributed by atoms with Crippen LogP contribution in [0.2, 0.25) is 0 Å². The Balaban J connectivity index is 1.54. The Hall–Kier alpha value is -4.00. The van der Waals surface area contributed by atoms with Gasteiger partial charge in [-0.2, -0.15) is 0 Å². The quantitative estimate of drug-likeness (QED) is 0.254. The Labute approximate surface area is 216 Å². The van der Waals surface area contributed by atoms with E-state index in [-0.39, 0.29) is 17.4 Å². The summed E-state index contributed by atoms with van der Waals surface area (Å²) in [4.78, 5) is 30.5. The number of ketones is 1. The van der Waals surface area contributed by atoms with Crippen LogP contribution in [0.4, 0.5) is 11.4 Å². The van der Waals surface area contributed by atoms with Gasteiger partial charge in [0.1, 0.15) is 29.1 Å². The zero-order chi connectivity index (χ0) is 26.1. The Morgan fingerprint density at radius 2 is 1.57 bits per heavy atom. The van der Waals surface area contributed by atoms with Crippen molar-refractivity contribution in [2.75, 3.05) is 22.9 Å². The van der Waals surface area contributed by atoms with Crippen molar-refractivity contribution in [1.82, 2.24) is 0 Å². The maximum absolute atomic E-state index is 13.4. The summed E-state index contributed by atoms with van der Waals surface area (Å²) in [5.41, 5.74) is 2.08. The molecule has 5 rings (SSSR count). The van der Waals surface area contributed by atoms with Gasteiger partial charge in [0.05, 0.1) is 11.7 Å². The van der Waals surface area contributed by atoms with Crippen LogP contribution in [0.15, 0.2) is 70.7 Å². The van der Waals surface area contributed by atoms with Crippen molar-refractivity contribution in [1.29, 1.82) is 0 Å². The zero-order valence-corrected chi connectivity index (χ0v) is 21.4. The summed E-state index contributed by atoms with van der Waals surface area (Å²) in [6.07, 6.45) is 3.58. The number of piperidine rings is 1. The number of anilines is 2. The molecular weight excluding hydrogens is 468 g/mol. The first-order valence-corrected chi connectivity index (χ1v) is 12.8. The van der Waals surface area contributed by atoms with Gasteiger partial charge >= 0.3 is 0 Å². The number of nitrogens with zero attached hydrogens (tertiary/aromatic N) is 2. The second-order valence-corrected chi connectivity index (χ2v) is 9.87. The van der Waals surface area contributed by atoms with E-state index in [2.05, 4.69) is 4.90 Å². The van der Waals surface area contributed by atoms with Crippen LogP contribution in [0, 0.1) is 6.92 Å². The van der Waals surface area contributed by atoms with E-state index in [4.69, 9.17) is 9.15 Å². The van der Waals surface area contributed by atoms with Gasteiger partial charge in [0.15, 0.2) is 0 Å². The van der Waals surface area contributed by atoms with E-state index in [1.165, 1.54) is 24.2 Å². The van der Waals surface area contributed by atoms with Gasteiger partial charge < -0.3 is 19.2 Å². The number of aryl methyl sites for hydroxylation is 1. The molecule has 1 unspecified atom stereocenters. The maximum Gasteiger partial charge on any atom is 0.300 e. The first kappa shape index (κ1) is 24.7. The summed E-state index contributed by atoms with van der Waals surface area (Å²) < 4.78 is 11.6. The minimum absolute atomic E-state index is 0.00279.